The lowest BCUT2D eigenvalue weighted by Crippen LogP contribution is -2.07. The number of azide groups is 2. The van der Waals surface area contributed by atoms with Crippen molar-refractivity contribution in [1.29, 1.82) is 0 Å². The molecule has 0 saturated heterocycles. The minimum atomic E-state index is -10.1. The van der Waals surface area contributed by atoms with E-state index in [1.807, 2.05) is 0 Å². The Morgan fingerprint density at radius 2 is 1.48 bits per heavy atom. The van der Waals surface area contributed by atoms with E-state index in [4.69, 9.17) is 11.1 Å². The highest BCUT2D eigenvalue weighted by atomic mass is 32.5. The summed E-state index contributed by atoms with van der Waals surface area (Å²) in [6.07, 6.45) is -0.0683. The van der Waals surface area contributed by atoms with E-state index in [0.29, 0.717) is 0 Å². The summed E-state index contributed by atoms with van der Waals surface area (Å²) in [6.45, 7) is 0. The third kappa shape index (κ3) is 3.54. The smallest absolute Gasteiger partial charge is 0.283 e. The maximum Gasteiger partial charge on any atom is 0.314 e. The first-order chi connectivity index (χ1) is 10.4. The number of hydrogen-bond acceptors (Lipinski definition) is 6. The Bertz CT molecular complexity index is 838. The molecule has 2 aromatic rings. The summed E-state index contributed by atoms with van der Waals surface area (Å²) in [5, 5.41) is 10.4. The van der Waals surface area contributed by atoms with E-state index < -0.39 is 38.5 Å². The van der Waals surface area contributed by atoms with Crippen LogP contribution < -0.4 is 0 Å². The molecule has 17 heteroatoms. The summed E-state index contributed by atoms with van der Waals surface area (Å²) < 4.78 is 64.6. The second-order valence-corrected chi connectivity index (χ2v) is 6.08. The van der Waals surface area contributed by atoms with Crippen LogP contribution in [-0.4, -0.2) is 25.1 Å². The van der Waals surface area contributed by atoms with Crippen molar-refractivity contribution in [2.24, 2.45) is 10.2 Å². The SMILES string of the molecule is [N-]=[N+]=Nc1nc(N=[N+]=[N-])nc(-c2n[nH]cc2S(F)(F)(F)(F)F)n1. The molecule has 0 bridgehead atoms. The molecule has 2 rings (SSSR count). The summed E-state index contributed by atoms with van der Waals surface area (Å²) in [4.78, 5) is 12.0. The molecule has 2 heterocycles. The first kappa shape index (κ1) is 16.2. The summed E-state index contributed by atoms with van der Waals surface area (Å²) >= 11 is 0. The van der Waals surface area contributed by atoms with Gasteiger partial charge in [-0.25, -0.2) is 15.0 Å². The summed E-state index contributed by atoms with van der Waals surface area (Å²) in [7, 11) is -10.1. The third-order valence-electron chi connectivity index (χ3n) is 2.11. The van der Waals surface area contributed by atoms with Crippen LogP contribution in [0, 0.1) is 0 Å². The molecule has 0 radical (unpaired) electrons. The van der Waals surface area contributed by atoms with Gasteiger partial charge in [-0.2, -0.15) is 5.10 Å². The number of halogens is 5. The monoisotopic (exact) mass is 355 g/mol. The van der Waals surface area contributed by atoms with Crippen LogP contribution in [0.2, 0.25) is 0 Å². The molecule has 0 saturated carbocycles. The first-order valence-electron chi connectivity index (χ1n) is 5.09. The topological polar surface area (TPSA) is 165 Å². The lowest BCUT2D eigenvalue weighted by Gasteiger charge is -2.39. The largest absolute Gasteiger partial charge is 0.314 e. The number of aromatic nitrogens is 5. The van der Waals surface area contributed by atoms with Crippen LogP contribution in [0.1, 0.15) is 0 Å². The average Bonchev–Trinajstić information content (AvgIpc) is 2.87. The van der Waals surface area contributed by atoms with Crippen molar-refractivity contribution in [2.75, 3.05) is 0 Å². The number of H-pyrrole nitrogens is 1. The number of aromatic amines is 1. The van der Waals surface area contributed by atoms with Gasteiger partial charge < -0.3 is 0 Å². The van der Waals surface area contributed by atoms with Gasteiger partial charge in [-0.15, -0.1) is 0 Å². The van der Waals surface area contributed by atoms with Gasteiger partial charge in [-0.05, 0) is 21.3 Å². The van der Waals surface area contributed by atoms with E-state index >= 15 is 0 Å². The normalized spacial score (nSPS) is 14.1. The maximum atomic E-state index is 12.9. The van der Waals surface area contributed by atoms with E-state index in [1.54, 1.807) is 5.10 Å². The molecule has 0 amide bonds. The standard InChI is InChI=1S/C6H2F5N11S/c7-23(8,9,10,11)2-1-14-18-3(2)4-15-5(19-21-12)17-6(16-4)20-22-13/h1H,(H,14,18). The lowest BCUT2D eigenvalue weighted by molar-refractivity contribution is 0.364. The van der Waals surface area contributed by atoms with E-state index in [1.165, 1.54) is 0 Å². The molecule has 0 aliphatic carbocycles. The number of rotatable bonds is 4. The molecule has 0 atom stereocenters. The predicted molar refractivity (Wildman–Crippen MR) is 66.4 cm³/mol. The van der Waals surface area contributed by atoms with E-state index in [-0.39, 0.29) is 6.20 Å². The Kier molecular flexibility index (Phi) is 3.11. The van der Waals surface area contributed by atoms with Crippen LogP contribution in [0.25, 0.3) is 32.4 Å². The first-order valence-corrected chi connectivity index (χ1v) is 7.04. The third-order valence-corrected chi connectivity index (χ3v) is 3.26. The zero-order chi connectivity index (χ0) is 17.4. The van der Waals surface area contributed by atoms with Crippen molar-refractivity contribution in [2.45, 2.75) is 4.90 Å². The van der Waals surface area contributed by atoms with Crippen molar-refractivity contribution < 1.29 is 19.4 Å². The number of nitrogens with one attached hydrogen (secondary N) is 1. The van der Waals surface area contributed by atoms with E-state index in [9.17, 15) is 19.4 Å². The van der Waals surface area contributed by atoms with Gasteiger partial charge in [0.05, 0.1) is 0 Å². The molecule has 1 N–H and O–H groups in total. The molecule has 122 valence electrons. The predicted octanol–water partition coefficient (Wildman–Crippen LogP) is 4.80. The van der Waals surface area contributed by atoms with Gasteiger partial charge in [0, 0.05) is 16.0 Å². The average molecular weight is 355 g/mol. The van der Waals surface area contributed by atoms with Crippen LogP contribution >= 0.6 is 10.2 Å². The molecular formula is C6H2F5N11S. The molecular weight excluding hydrogens is 353 g/mol. The van der Waals surface area contributed by atoms with Crippen molar-refractivity contribution >= 4 is 22.1 Å². The highest BCUT2D eigenvalue weighted by Gasteiger charge is 2.68. The zero-order valence-electron chi connectivity index (χ0n) is 10.3. The molecule has 0 unspecified atom stereocenters. The zero-order valence-corrected chi connectivity index (χ0v) is 11.2. The number of nitrogens with zero attached hydrogens (tertiary/aromatic N) is 10. The van der Waals surface area contributed by atoms with Gasteiger partial charge in [0.1, 0.15) is 0 Å². The molecule has 23 heavy (non-hydrogen) atoms. The van der Waals surface area contributed by atoms with Gasteiger partial charge in [-0.1, -0.05) is 19.4 Å². The Balaban J connectivity index is 2.77. The second kappa shape index (κ2) is 4.42. The minimum absolute atomic E-state index is 0.0683. The molecule has 0 aliphatic rings. The second-order valence-electron chi connectivity index (χ2n) is 3.70. The Morgan fingerprint density at radius 1 is 0.957 bits per heavy atom. The van der Waals surface area contributed by atoms with Crippen LogP contribution in [0.3, 0.4) is 0 Å². The Hall–Kier alpha value is -3.16. The molecule has 0 aliphatic heterocycles. The molecule has 11 nitrogen and oxygen atoms in total. The van der Waals surface area contributed by atoms with Crippen LogP contribution in [0.4, 0.5) is 31.3 Å². The van der Waals surface area contributed by atoms with Crippen molar-refractivity contribution in [3.63, 3.8) is 0 Å². The summed E-state index contributed by atoms with van der Waals surface area (Å²) in [5.41, 5.74) is 15.2. The fourth-order valence-electron chi connectivity index (χ4n) is 1.36. The summed E-state index contributed by atoms with van der Waals surface area (Å²) in [5.74, 6) is -2.61. The number of hydrogen-bond donors (Lipinski definition) is 1. The van der Waals surface area contributed by atoms with E-state index in [0.717, 1.165) is 0 Å². The molecule has 0 aromatic carbocycles. The van der Waals surface area contributed by atoms with E-state index in [2.05, 4.69) is 40.1 Å². The Morgan fingerprint density at radius 3 is 1.91 bits per heavy atom. The van der Waals surface area contributed by atoms with Crippen LogP contribution in [0.15, 0.2) is 21.3 Å². The highest BCUT2D eigenvalue weighted by molar-refractivity contribution is 8.45. The van der Waals surface area contributed by atoms with Gasteiger partial charge in [0.15, 0.2) is 16.4 Å². The van der Waals surface area contributed by atoms with Gasteiger partial charge >= 0.3 is 10.2 Å². The Labute approximate surface area is 121 Å². The highest BCUT2D eigenvalue weighted by Crippen LogP contribution is 3.02. The summed E-state index contributed by atoms with van der Waals surface area (Å²) in [6, 6.07) is 0. The molecule has 2 aromatic heterocycles. The van der Waals surface area contributed by atoms with Crippen LogP contribution in [0.5, 0.6) is 0 Å². The van der Waals surface area contributed by atoms with Crippen molar-refractivity contribution in [3.8, 4) is 11.5 Å². The molecule has 0 spiro atoms. The minimum Gasteiger partial charge on any atom is -0.283 e. The van der Waals surface area contributed by atoms with Crippen molar-refractivity contribution in [3.05, 3.63) is 27.1 Å². The van der Waals surface area contributed by atoms with Gasteiger partial charge in [0.2, 0.25) is 11.9 Å². The van der Waals surface area contributed by atoms with Crippen LogP contribution in [-0.2, 0) is 0 Å². The fraction of sp³-hybridized carbons (Fsp3) is 0. The lowest BCUT2D eigenvalue weighted by atomic mass is 10.4. The maximum absolute atomic E-state index is 12.9. The molecule has 0 fully saturated rings. The van der Waals surface area contributed by atoms with Gasteiger partial charge in [0.25, 0.3) is 0 Å². The quantitative estimate of drug-likeness (QED) is 0.360. The fourth-order valence-corrected chi connectivity index (χ4v) is 2.14. The van der Waals surface area contributed by atoms with Crippen molar-refractivity contribution in [1.82, 2.24) is 25.1 Å². The van der Waals surface area contributed by atoms with Gasteiger partial charge in [-0.3, -0.25) is 5.10 Å².